The Morgan fingerprint density at radius 2 is 1.68 bits per heavy atom. The van der Waals surface area contributed by atoms with Gasteiger partial charge >= 0.3 is 0 Å². The first kappa shape index (κ1) is 22.2. The number of hydrogen-bond donors (Lipinski definition) is 0. The Labute approximate surface area is 202 Å². The highest BCUT2D eigenvalue weighted by Crippen LogP contribution is 2.36. The number of aromatic nitrogens is 1. The average Bonchev–Trinajstić information content (AvgIpc) is 3.25. The van der Waals surface area contributed by atoms with E-state index >= 15 is 0 Å². The summed E-state index contributed by atoms with van der Waals surface area (Å²) in [5, 5.41) is 1.74. The third-order valence-electron chi connectivity index (χ3n) is 6.07. The SMILES string of the molecule is Cc1ccc(N=C2S/C(=C/c3c(C)n(Cc4ccc(F)cc4)c4ccccc34)C(=O)N2C)cc1. The predicted molar refractivity (Wildman–Crippen MR) is 139 cm³/mol. The van der Waals surface area contributed by atoms with Gasteiger partial charge in [0.25, 0.3) is 5.91 Å². The molecule has 5 rings (SSSR count). The summed E-state index contributed by atoms with van der Waals surface area (Å²) in [6.07, 6.45) is 1.97. The molecule has 170 valence electrons. The molecule has 1 aliphatic rings. The Morgan fingerprint density at radius 1 is 0.971 bits per heavy atom. The molecule has 1 saturated heterocycles. The largest absolute Gasteiger partial charge is 0.340 e. The molecule has 1 aliphatic heterocycles. The van der Waals surface area contributed by atoms with Crippen molar-refractivity contribution in [3.05, 3.63) is 106 Å². The molecule has 1 amide bonds. The Hall–Kier alpha value is -3.64. The van der Waals surface area contributed by atoms with Crippen LogP contribution >= 0.6 is 11.8 Å². The normalized spacial score (nSPS) is 16.4. The maximum atomic E-state index is 13.4. The maximum Gasteiger partial charge on any atom is 0.266 e. The zero-order valence-corrected chi connectivity index (χ0v) is 20.1. The summed E-state index contributed by atoms with van der Waals surface area (Å²) in [7, 11) is 1.76. The minimum absolute atomic E-state index is 0.0642. The molecule has 34 heavy (non-hydrogen) atoms. The van der Waals surface area contributed by atoms with Gasteiger partial charge in [-0.25, -0.2) is 9.38 Å². The molecule has 4 aromatic rings. The fraction of sp³-hybridized carbons (Fsp3) is 0.143. The number of thioether (sulfide) groups is 1. The molecule has 0 saturated carbocycles. The molecule has 3 aromatic carbocycles. The molecule has 1 fully saturated rings. The van der Waals surface area contributed by atoms with E-state index in [0.29, 0.717) is 16.6 Å². The molecule has 4 nitrogen and oxygen atoms in total. The minimum atomic E-state index is -0.243. The summed E-state index contributed by atoms with van der Waals surface area (Å²) in [4.78, 5) is 20.0. The first-order chi connectivity index (χ1) is 16.4. The lowest BCUT2D eigenvalue weighted by Gasteiger charge is -2.09. The number of hydrogen-bond acceptors (Lipinski definition) is 3. The molecular formula is C28H24FN3OS. The summed E-state index contributed by atoms with van der Waals surface area (Å²) in [5.41, 5.74) is 6.15. The Morgan fingerprint density at radius 3 is 2.41 bits per heavy atom. The number of carbonyl (C=O) groups excluding carboxylic acids is 1. The molecule has 0 bridgehead atoms. The first-order valence-corrected chi connectivity index (χ1v) is 11.9. The standard InChI is InChI=1S/C28H24FN3OS/c1-18-8-14-22(15-9-18)30-28-31(3)27(33)26(34-28)16-24-19(2)32(25-7-5-4-6-23(24)25)17-20-10-12-21(29)13-11-20/h4-16H,17H2,1-3H3/b26-16+,30-28?. The van der Waals surface area contributed by atoms with Crippen LogP contribution in [-0.4, -0.2) is 27.6 Å². The van der Waals surface area contributed by atoms with E-state index in [1.165, 1.54) is 29.5 Å². The molecule has 0 aliphatic carbocycles. The first-order valence-electron chi connectivity index (χ1n) is 11.1. The van der Waals surface area contributed by atoms with E-state index in [1.54, 1.807) is 24.1 Å². The highest BCUT2D eigenvalue weighted by molar-refractivity contribution is 8.18. The molecule has 0 spiro atoms. The Balaban J connectivity index is 1.53. The number of benzene rings is 3. The third-order valence-corrected chi connectivity index (χ3v) is 7.13. The number of aryl methyl sites for hydroxylation is 1. The summed E-state index contributed by atoms with van der Waals surface area (Å²) >= 11 is 1.39. The molecule has 0 unspecified atom stereocenters. The van der Waals surface area contributed by atoms with E-state index in [4.69, 9.17) is 0 Å². The molecule has 6 heteroatoms. The number of halogens is 1. The van der Waals surface area contributed by atoms with Gasteiger partial charge in [-0.15, -0.1) is 0 Å². The van der Waals surface area contributed by atoms with Crippen LogP contribution in [0, 0.1) is 19.7 Å². The summed E-state index contributed by atoms with van der Waals surface area (Å²) in [6, 6.07) is 22.7. The van der Waals surface area contributed by atoms with Gasteiger partial charge in [-0.1, -0.05) is 48.0 Å². The highest BCUT2D eigenvalue weighted by Gasteiger charge is 2.31. The summed E-state index contributed by atoms with van der Waals surface area (Å²) in [5.74, 6) is -0.308. The second kappa shape index (κ2) is 8.95. The topological polar surface area (TPSA) is 37.6 Å². The van der Waals surface area contributed by atoms with E-state index in [-0.39, 0.29) is 11.7 Å². The number of amidine groups is 1. The number of amides is 1. The van der Waals surface area contributed by atoms with Crippen LogP contribution in [0.2, 0.25) is 0 Å². The van der Waals surface area contributed by atoms with Crippen molar-refractivity contribution in [1.82, 2.24) is 9.47 Å². The smallest absolute Gasteiger partial charge is 0.266 e. The van der Waals surface area contributed by atoms with Gasteiger partial charge in [-0.05, 0) is 67.6 Å². The number of para-hydroxylation sites is 1. The van der Waals surface area contributed by atoms with Gasteiger partial charge in [-0.3, -0.25) is 9.69 Å². The molecule has 1 aromatic heterocycles. The summed E-state index contributed by atoms with van der Waals surface area (Å²) in [6.45, 7) is 4.72. The van der Waals surface area contributed by atoms with Crippen molar-refractivity contribution >= 4 is 45.5 Å². The maximum absolute atomic E-state index is 13.4. The van der Waals surface area contributed by atoms with Crippen LogP contribution in [-0.2, 0) is 11.3 Å². The van der Waals surface area contributed by atoms with Crippen molar-refractivity contribution < 1.29 is 9.18 Å². The molecule has 2 heterocycles. The van der Waals surface area contributed by atoms with Crippen LogP contribution in [0.3, 0.4) is 0 Å². The average molecular weight is 470 g/mol. The number of nitrogens with zero attached hydrogens (tertiary/aromatic N) is 3. The van der Waals surface area contributed by atoms with E-state index < -0.39 is 0 Å². The van der Waals surface area contributed by atoms with Crippen molar-refractivity contribution in [2.45, 2.75) is 20.4 Å². The predicted octanol–water partition coefficient (Wildman–Crippen LogP) is 6.68. The highest BCUT2D eigenvalue weighted by atomic mass is 32.2. The van der Waals surface area contributed by atoms with Crippen LogP contribution in [0.25, 0.3) is 17.0 Å². The van der Waals surface area contributed by atoms with E-state index in [0.717, 1.165) is 33.4 Å². The Kier molecular flexibility index (Phi) is 5.84. The van der Waals surface area contributed by atoms with Crippen molar-refractivity contribution in [2.24, 2.45) is 4.99 Å². The fourth-order valence-electron chi connectivity index (χ4n) is 4.13. The van der Waals surface area contributed by atoms with Crippen LogP contribution in [0.15, 0.2) is 82.7 Å². The van der Waals surface area contributed by atoms with Gasteiger partial charge in [0.1, 0.15) is 5.82 Å². The van der Waals surface area contributed by atoms with Crippen molar-refractivity contribution in [3.63, 3.8) is 0 Å². The van der Waals surface area contributed by atoms with Crippen LogP contribution in [0.1, 0.15) is 22.4 Å². The van der Waals surface area contributed by atoms with Gasteiger partial charge in [0.15, 0.2) is 5.17 Å². The number of carbonyl (C=O) groups is 1. The zero-order chi connectivity index (χ0) is 23.8. The quantitative estimate of drug-likeness (QED) is 0.313. The van der Waals surface area contributed by atoms with E-state index in [2.05, 4.69) is 28.6 Å². The molecule has 0 radical (unpaired) electrons. The van der Waals surface area contributed by atoms with E-state index in [1.807, 2.05) is 49.4 Å². The summed E-state index contributed by atoms with van der Waals surface area (Å²) < 4.78 is 15.6. The number of rotatable bonds is 4. The minimum Gasteiger partial charge on any atom is -0.340 e. The van der Waals surface area contributed by atoms with Crippen molar-refractivity contribution in [1.29, 1.82) is 0 Å². The van der Waals surface area contributed by atoms with Gasteiger partial charge in [-0.2, -0.15) is 0 Å². The zero-order valence-electron chi connectivity index (χ0n) is 19.2. The monoisotopic (exact) mass is 469 g/mol. The van der Waals surface area contributed by atoms with E-state index in [9.17, 15) is 9.18 Å². The second-order valence-corrected chi connectivity index (χ2v) is 9.44. The lowest BCUT2D eigenvalue weighted by molar-refractivity contribution is -0.121. The second-order valence-electron chi connectivity index (χ2n) is 8.43. The van der Waals surface area contributed by atoms with Crippen molar-refractivity contribution in [3.8, 4) is 0 Å². The molecule has 0 atom stereocenters. The third kappa shape index (κ3) is 4.17. The van der Waals surface area contributed by atoms with Gasteiger partial charge in [0.2, 0.25) is 0 Å². The van der Waals surface area contributed by atoms with Gasteiger partial charge in [0, 0.05) is 35.8 Å². The number of fused-ring (bicyclic) bond motifs is 1. The lowest BCUT2D eigenvalue weighted by Crippen LogP contribution is -2.23. The lowest BCUT2D eigenvalue weighted by atomic mass is 10.1. The van der Waals surface area contributed by atoms with Crippen LogP contribution < -0.4 is 0 Å². The fourth-order valence-corrected chi connectivity index (χ4v) is 5.10. The molecule has 0 N–H and O–H groups in total. The van der Waals surface area contributed by atoms with Gasteiger partial charge in [0.05, 0.1) is 10.6 Å². The Bertz CT molecular complexity index is 1450. The molecular weight excluding hydrogens is 445 g/mol. The van der Waals surface area contributed by atoms with Crippen LogP contribution in [0.4, 0.5) is 10.1 Å². The van der Waals surface area contributed by atoms with Crippen LogP contribution in [0.5, 0.6) is 0 Å². The van der Waals surface area contributed by atoms with Crippen molar-refractivity contribution in [2.75, 3.05) is 7.05 Å². The van der Waals surface area contributed by atoms with Gasteiger partial charge < -0.3 is 4.57 Å². The number of aliphatic imine (C=N–C) groups is 1. The number of likely N-dealkylation sites (N-methyl/N-ethyl adjacent to an activating group) is 1.